The van der Waals surface area contributed by atoms with E-state index in [1.807, 2.05) is 24.3 Å². The zero-order valence-electron chi connectivity index (χ0n) is 14.8. The highest BCUT2D eigenvalue weighted by molar-refractivity contribution is 7.21. The Labute approximate surface area is 166 Å². The smallest absolute Gasteiger partial charge is 0.267 e. The summed E-state index contributed by atoms with van der Waals surface area (Å²) < 4.78 is 14.1. The highest BCUT2D eigenvalue weighted by Crippen LogP contribution is 2.37. The van der Waals surface area contributed by atoms with E-state index < -0.39 is 0 Å². The number of benzene rings is 2. The standard InChI is InChI=1S/C20H19ClFN3OS/c1-24-8-10-25(11-9-24)16-5-3-2-4-15(16)23-20(26)19-18(21)14-7-6-13(22)12-17(14)27-19/h2-7,12H,8-11H2,1H3,(H,23,26). The molecule has 7 heteroatoms. The van der Waals surface area contributed by atoms with Gasteiger partial charge < -0.3 is 15.1 Å². The van der Waals surface area contributed by atoms with Crippen LogP contribution in [0.4, 0.5) is 15.8 Å². The maximum atomic E-state index is 13.5. The molecule has 0 spiro atoms. The molecule has 0 saturated carbocycles. The minimum absolute atomic E-state index is 0.275. The van der Waals surface area contributed by atoms with Crippen LogP contribution in [-0.4, -0.2) is 44.0 Å². The van der Waals surface area contributed by atoms with Gasteiger partial charge in [0.25, 0.3) is 5.91 Å². The fraction of sp³-hybridized carbons (Fsp3) is 0.250. The molecule has 2 aromatic carbocycles. The lowest BCUT2D eigenvalue weighted by Gasteiger charge is -2.35. The maximum Gasteiger partial charge on any atom is 0.267 e. The Morgan fingerprint density at radius 3 is 2.67 bits per heavy atom. The number of carbonyl (C=O) groups excluding carboxylic acids is 1. The van der Waals surface area contributed by atoms with Crippen molar-refractivity contribution in [2.45, 2.75) is 0 Å². The highest BCUT2D eigenvalue weighted by Gasteiger charge is 2.21. The van der Waals surface area contributed by atoms with Crippen molar-refractivity contribution >= 4 is 50.3 Å². The molecule has 1 N–H and O–H groups in total. The number of para-hydroxylation sites is 2. The average Bonchev–Trinajstić information content (AvgIpc) is 2.99. The molecule has 1 saturated heterocycles. The van der Waals surface area contributed by atoms with Gasteiger partial charge in [-0.25, -0.2) is 4.39 Å². The van der Waals surface area contributed by atoms with Crippen LogP contribution in [0.2, 0.25) is 5.02 Å². The van der Waals surface area contributed by atoms with Gasteiger partial charge in [-0.05, 0) is 37.4 Å². The molecular formula is C20H19ClFN3OS. The van der Waals surface area contributed by atoms with Crippen molar-refractivity contribution < 1.29 is 9.18 Å². The number of anilines is 2. The third-order valence-corrected chi connectivity index (χ3v) is 6.45. The molecule has 1 aromatic heterocycles. The molecule has 0 aliphatic carbocycles. The summed E-state index contributed by atoms with van der Waals surface area (Å²) in [4.78, 5) is 17.8. The van der Waals surface area contributed by atoms with E-state index >= 15 is 0 Å². The molecule has 27 heavy (non-hydrogen) atoms. The van der Waals surface area contributed by atoms with Gasteiger partial charge in [0, 0.05) is 36.3 Å². The van der Waals surface area contributed by atoms with E-state index in [1.54, 1.807) is 6.07 Å². The van der Waals surface area contributed by atoms with Crippen LogP contribution in [0.15, 0.2) is 42.5 Å². The topological polar surface area (TPSA) is 35.6 Å². The predicted molar refractivity (Wildman–Crippen MR) is 111 cm³/mol. The SMILES string of the molecule is CN1CCN(c2ccccc2NC(=O)c2sc3cc(F)ccc3c2Cl)CC1. The summed E-state index contributed by atoms with van der Waals surface area (Å²) in [6.07, 6.45) is 0. The van der Waals surface area contributed by atoms with Crippen LogP contribution in [0, 0.1) is 5.82 Å². The van der Waals surface area contributed by atoms with Crippen molar-refractivity contribution in [3.63, 3.8) is 0 Å². The third kappa shape index (κ3) is 3.65. The molecule has 4 nitrogen and oxygen atoms in total. The number of rotatable bonds is 3. The molecule has 1 aliphatic rings. The molecule has 0 atom stereocenters. The monoisotopic (exact) mass is 403 g/mol. The maximum absolute atomic E-state index is 13.5. The second kappa shape index (κ2) is 7.46. The third-order valence-electron chi connectivity index (χ3n) is 4.79. The van der Waals surface area contributed by atoms with E-state index in [4.69, 9.17) is 11.6 Å². The Morgan fingerprint density at radius 1 is 1.15 bits per heavy atom. The first kappa shape index (κ1) is 18.2. The van der Waals surface area contributed by atoms with E-state index in [1.165, 1.54) is 23.5 Å². The lowest BCUT2D eigenvalue weighted by molar-refractivity contribution is 0.103. The van der Waals surface area contributed by atoms with Crippen molar-refractivity contribution in [3.05, 3.63) is 58.2 Å². The number of likely N-dealkylation sites (N-methyl/N-ethyl adjacent to an activating group) is 1. The van der Waals surface area contributed by atoms with Gasteiger partial charge in [-0.15, -0.1) is 11.3 Å². The number of nitrogens with zero attached hydrogens (tertiary/aromatic N) is 2. The second-order valence-electron chi connectivity index (χ2n) is 6.65. The molecule has 2 heterocycles. The highest BCUT2D eigenvalue weighted by atomic mass is 35.5. The molecule has 4 rings (SSSR count). The Kier molecular flexibility index (Phi) is 5.04. The van der Waals surface area contributed by atoms with Gasteiger partial charge >= 0.3 is 0 Å². The number of amides is 1. The number of hydrogen-bond donors (Lipinski definition) is 1. The molecule has 140 valence electrons. The molecule has 1 fully saturated rings. The van der Waals surface area contributed by atoms with Crippen molar-refractivity contribution in [1.82, 2.24) is 4.90 Å². The molecule has 0 radical (unpaired) electrons. The van der Waals surface area contributed by atoms with Crippen LogP contribution in [0.1, 0.15) is 9.67 Å². The van der Waals surface area contributed by atoms with Crippen LogP contribution in [0.3, 0.4) is 0 Å². The van der Waals surface area contributed by atoms with Crippen LogP contribution < -0.4 is 10.2 Å². The van der Waals surface area contributed by atoms with Crippen LogP contribution in [0.5, 0.6) is 0 Å². The largest absolute Gasteiger partial charge is 0.367 e. The molecule has 1 aliphatic heterocycles. The van der Waals surface area contributed by atoms with E-state index in [2.05, 4.69) is 22.2 Å². The normalized spacial score (nSPS) is 15.3. The first-order chi connectivity index (χ1) is 13.0. The number of piperazine rings is 1. The van der Waals surface area contributed by atoms with Crippen molar-refractivity contribution in [3.8, 4) is 0 Å². The van der Waals surface area contributed by atoms with Gasteiger partial charge in [0.05, 0.1) is 16.4 Å². The lowest BCUT2D eigenvalue weighted by atomic mass is 10.2. The van der Waals surface area contributed by atoms with Crippen LogP contribution in [-0.2, 0) is 0 Å². The van der Waals surface area contributed by atoms with E-state index in [9.17, 15) is 9.18 Å². The van der Waals surface area contributed by atoms with Crippen LogP contribution in [0.25, 0.3) is 10.1 Å². The Bertz CT molecular complexity index is 998. The summed E-state index contributed by atoms with van der Waals surface area (Å²) in [5, 5.41) is 4.05. The first-order valence-corrected chi connectivity index (χ1v) is 9.94. The molecule has 0 unspecified atom stereocenters. The summed E-state index contributed by atoms with van der Waals surface area (Å²) in [6, 6.07) is 12.1. The van der Waals surface area contributed by atoms with E-state index in [-0.39, 0.29) is 11.7 Å². The molecular weight excluding hydrogens is 385 g/mol. The molecule has 1 amide bonds. The molecule has 0 bridgehead atoms. The van der Waals surface area contributed by atoms with Gasteiger partial charge in [-0.1, -0.05) is 23.7 Å². The van der Waals surface area contributed by atoms with Gasteiger partial charge in [-0.2, -0.15) is 0 Å². The Hall–Kier alpha value is -2.15. The van der Waals surface area contributed by atoms with Gasteiger partial charge in [0.15, 0.2) is 0 Å². The average molecular weight is 404 g/mol. The zero-order chi connectivity index (χ0) is 19.0. The number of halogens is 2. The van der Waals surface area contributed by atoms with Crippen molar-refractivity contribution in [2.24, 2.45) is 0 Å². The number of nitrogens with one attached hydrogen (secondary N) is 1. The Morgan fingerprint density at radius 2 is 1.89 bits per heavy atom. The minimum Gasteiger partial charge on any atom is -0.367 e. The van der Waals surface area contributed by atoms with Gasteiger partial charge in [0.2, 0.25) is 0 Å². The summed E-state index contributed by atoms with van der Waals surface area (Å²) >= 11 is 7.59. The van der Waals surface area contributed by atoms with E-state index in [0.29, 0.717) is 20.0 Å². The van der Waals surface area contributed by atoms with Gasteiger partial charge in [-0.3, -0.25) is 4.79 Å². The summed E-state index contributed by atoms with van der Waals surface area (Å²) in [5.41, 5.74) is 1.76. The number of carbonyl (C=O) groups is 1. The summed E-state index contributed by atoms with van der Waals surface area (Å²) in [5.74, 6) is -0.615. The van der Waals surface area contributed by atoms with Crippen LogP contribution >= 0.6 is 22.9 Å². The number of fused-ring (bicyclic) bond motifs is 1. The minimum atomic E-state index is -0.340. The second-order valence-corrected chi connectivity index (χ2v) is 8.08. The fourth-order valence-electron chi connectivity index (χ4n) is 3.27. The summed E-state index contributed by atoms with van der Waals surface area (Å²) in [7, 11) is 2.11. The number of thiophene rings is 1. The predicted octanol–water partition coefficient (Wildman–Crippen LogP) is 4.70. The van der Waals surface area contributed by atoms with Crippen molar-refractivity contribution in [2.75, 3.05) is 43.4 Å². The lowest BCUT2D eigenvalue weighted by Crippen LogP contribution is -2.44. The number of hydrogen-bond acceptors (Lipinski definition) is 4. The molecule has 3 aromatic rings. The quantitative estimate of drug-likeness (QED) is 0.688. The fourth-order valence-corrected chi connectivity index (χ4v) is 4.70. The summed E-state index contributed by atoms with van der Waals surface area (Å²) in [6.45, 7) is 3.78. The Balaban J connectivity index is 1.61. The van der Waals surface area contributed by atoms with E-state index in [0.717, 1.165) is 37.6 Å². The van der Waals surface area contributed by atoms with Gasteiger partial charge in [0.1, 0.15) is 10.7 Å². The zero-order valence-corrected chi connectivity index (χ0v) is 16.4. The van der Waals surface area contributed by atoms with Crippen molar-refractivity contribution in [1.29, 1.82) is 0 Å². The first-order valence-electron chi connectivity index (χ1n) is 8.74.